The monoisotopic (exact) mass is 336 g/mol. The molecule has 4 heteroatoms. The maximum Gasteiger partial charge on any atom is 0.104 e. The van der Waals surface area contributed by atoms with Crippen LogP contribution in [0, 0.1) is 13.8 Å². The predicted octanol–water partition coefficient (Wildman–Crippen LogP) is 5.70. The zero-order chi connectivity index (χ0) is 18.4. The molecule has 0 spiro atoms. The van der Waals surface area contributed by atoms with E-state index < -0.39 is 0 Å². The standard InChI is InChI=1S/C17H16N4.2C2H6/c1-10-18-14-5-3-12(8-16(14)20-10)7-13-4-6-15-17(9-13)21-11(2)19-15;2*1-2/h3-6,8-9H,7H2,1-2H3,(H,18,20)(H,19,21);2*1-2H3. The fraction of sp³-hybridized carbons (Fsp3) is 0.333. The molecule has 4 rings (SSSR count). The lowest BCUT2D eigenvalue weighted by Gasteiger charge is -2.02. The molecule has 2 heterocycles. The van der Waals surface area contributed by atoms with Gasteiger partial charge in [-0.25, -0.2) is 9.97 Å². The number of hydrogen-bond donors (Lipinski definition) is 2. The Morgan fingerprint density at radius 3 is 1.48 bits per heavy atom. The van der Waals surface area contributed by atoms with Crippen molar-refractivity contribution in [1.82, 2.24) is 19.9 Å². The molecule has 0 saturated heterocycles. The van der Waals surface area contributed by atoms with Gasteiger partial charge in [-0.05, 0) is 55.7 Å². The summed E-state index contributed by atoms with van der Waals surface area (Å²) in [5.41, 5.74) is 6.81. The first-order valence-electron chi connectivity index (χ1n) is 9.08. The minimum atomic E-state index is 0.905. The zero-order valence-corrected chi connectivity index (χ0v) is 16.1. The number of nitrogens with zero attached hydrogens (tertiary/aromatic N) is 2. The van der Waals surface area contributed by atoms with Crippen molar-refractivity contribution in [2.45, 2.75) is 48.0 Å². The van der Waals surface area contributed by atoms with Crippen LogP contribution in [0.4, 0.5) is 0 Å². The van der Waals surface area contributed by atoms with Crippen molar-refractivity contribution in [2.75, 3.05) is 0 Å². The van der Waals surface area contributed by atoms with Gasteiger partial charge in [0, 0.05) is 0 Å². The van der Waals surface area contributed by atoms with Crippen LogP contribution in [0.1, 0.15) is 50.5 Å². The molecular weight excluding hydrogens is 308 g/mol. The lowest BCUT2D eigenvalue weighted by molar-refractivity contribution is 1.17. The van der Waals surface area contributed by atoms with Gasteiger partial charge < -0.3 is 9.97 Å². The summed E-state index contributed by atoms with van der Waals surface area (Å²) in [5, 5.41) is 0. The first kappa shape index (κ1) is 18.7. The topological polar surface area (TPSA) is 57.4 Å². The number of nitrogens with one attached hydrogen (secondary N) is 2. The molecule has 0 saturated carbocycles. The van der Waals surface area contributed by atoms with E-state index in [-0.39, 0.29) is 0 Å². The summed E-state index contributed by atoms with van der Waals surface area (Å²) >= 11 is 0. The summed E-state index contributed by atoms with van der Waals surface area (Å²) in [6, 6.07) is 12.8. The normalized spacial score (nSPS) is 10.2. The SMILES string of the molecule is CC.CC.Cc1nc2ccc(Cc3ccc4nc(C)[nH]c4c3)cc2[nH]1. The van der Waals surface area contributed by atoms with E-state index in [1.807, 2.05) is 41.5 Å². The molecule has 0 amide bonds. The summed E-state index contributed by atoms with van der Waals surface area (Å²) in [6.07, 6.45) is 0.905. The van der Waals surface area contributed by atoms with Gasteiger partial charge in [-0.1, -0.05) is 39.8 Å². The average Bonchev–Trinajstić information content (AvgIpc) is 3.18. The van der Waals surface area contributed by atoms with E-state index in [0.717, 1.165) is 40.1 Å². The fourth-order valence-corrected chi connectivity index (χ4v) is 2.82. The third-order valence-electron chi connectivity index (χ3n) is 3.74. The number of rotatable bonds is 2. The zero-order valence-electron chi connectivity index (χ0n) is 16.1. The minimum Gasteiger partial charge on any atom is -0.342 e. The van der Waals surface area contributed by atoms with E-state index >= 15 is 0 Å². The van der Waals surface area contributed by atoms with Gasteiger partial charge in [0.2, 0.25) is 0 Å². The second-order valence-electron chi connectivity index (χ2n) is 5.52. The summed E-state index contributed by atoms with van der Waals surface area (Å²) in [6.45, 7) is 12.0. The second-order valence-corrected chi connectivity index (χ2v) is 5.52. The van der Waals surface area contributed by atoms with Crippen LogP contribution in [0.2, 0.25) is 0 Å². The molecule has 2 aromatic carbocycles. The minimum absolute atomic E-state index is 0.905. The Kier molecular flexibility index (Phi) is 6.34. The van der Waals surface area contributed by atoms with E-state index in [9.17, 15) is 0 Å². The molecule has 0 unspecified atom stereocenters. The van der Waals surface area contributed by atoms with E-state index in [4.69, 9.17) is 0 Å². The average molecular weight is 336 g/mol. The summed E-state index contributed by atoms with van der Waals surface area (Å²) in [4.78, 5) is 15.5. The van der Waals surface area contributed by atoms with Crippen molar-refractivity contribution < 1.29 is 0 Å². The van der Waals surface area contributed by atoms with E-state index in [0.29, 0.717) is 0 Å². The Morgan fingerprint density at radius 1 is 0.680 bits per heavy atom. The third kappa shape index (κ3) is 4.27. The Hall–Kier alpha value is -2.62. The van der Waals surface area contributed by atoms with Crippen LogP contribution in [-0.4, -0.2) is 19.9 Å². The molecule has 0 fully saturated rings. The molecule has 0 radical (unpaired) electrons. The van der Waals surface area contributed by atoms with Crippen molar-refractivity contribution in [1.29, 1.82) is 0 Å². The molecule has 0 aliphatic carbocycles. The van der Waals surface area contributed by atoms with Gasteiger partial charge in [0.15, 0.2) is 0 Å². The van der Waals surface area contributed by atoms with Crippen molar-refractivity contribution in [3.8, 4) is 0 Å². The number of fused-ring (bicyclic) bond motifs is 2. The quantitative estimate of drug-likeness (QED) is 0.493. The van der Waals surface area contributed by atoms with E-state index in [1.165, 1.54) is 11.1 Å². The molecule has 4 nitrogen and oxygen atoms in total. The van der Waals surface area contributed by atoms with Crippen molar-refractivity contribution in [3.63, 3.8) is 0 Å². The summed E-state index contributed by atoms with van der Waals surface area (Å²) in [7, 11) is 0. The number of imidazole rings is 2. The Morgan fingerprint density at radius 2 is 1.08 bits per heavy atom. The van der Waals surface area contributed by atoms with Gasteiger partial charge >= 0.3 is 0 Å². The van der Waals surface area contributed by atoms with Crippen molar-refractivity contribution in [3.05, 3.63) is 59.2 Å². The van der Waals surface area contributed by atoms with Crippen LogP contribution in [0.3, 0.4) is 0 Å². The molecule has 132 valence electrons. The van der Waals surface area contributed by atoms with Crippen LogP contribution in [-0.2, 0) is 6.42 Å². The van der Waals surface area contributed by atoms with Crippen molar-refractivity contribution in [2.24, 2.45) is 0 Å². The van der Waals surface area contributed by atoms with Gasteiger partial charge in [0.1, 0.15) is 11.6 Å². The number of aromatic amines is 2. The van der Waals surface area contributed by atoms with Gasteiger partial charge in [-0.2, -0.15) is 0 Å². The highest BCUT2D eigenvalue weighted by atomic mass is 14.9. The van der Waals surface area contributed by atoms with Gasteiger partial charge in [0.05, 0.1) is 22.1 Å². The molecule has 4 aromatic rings. The molecule has 0 aliphatic heterocycles. The largest absolute Gasteiger partial charge is 0.342 e. The first-order valence-corrected chi connectivity index (χ1v) is 9.08. The lowest BCUT2D eigenvalue weighted by Crippen LogP contribution is -1.88. The van der Waals surface area contributed by atoms with Crippen LogP contribution in [0.25, 0.3) is 22.1 Å². The van der Waals surface area contributed by atoms with E-state index in [2.05, 4.69) is 56.3 Å². The second kappa shape index (κ2) is 8.47. The van der Waals surface area contributed by atoms with Crippen molar-refractivity contribution >= 4 is 22.1 Å². The number of aryl methyl sites for hydroxylation is 2. The maximum atomic E-state index is 4.44. The third-order valence-corrected chi connectivity index (χ3v) is 3.74. The fourth-order valence-electron chi connectivity index (χ4n) is 2.82. The highest BCUT2D eigenvalue weighted by Gasteiger charge is 2.04. The van der Waals surface area contributed by atoms with Crippen LogP contribution in [0.15, 0.2) is 36.4 Å². The summed E-state index contributed by atoms with van der Waals surface area (Å²) < 4.78 is 0. The van der Waals surface area contributed by atoms with Gasteiger partial charge in [-0.15, -0.1) is 0 Å². The predicted molar refractivity (Wildman–Crippen MR) is 107 cm³/mol. The Bertz CT molecular complexity index is 869. The smallest absolute Gasteiger partial charge is 0.104 e. The summed E-state index contributed by atoms with van der Waals surface area (Å²) in [5.74, 6) is 1.91. The number of hydrogen-bond acceptors (Lipinski definition) is 2. The molecule has 25 heavy (non-hydrogen) atoms. The highest BCUT2D eigenvalue weighted by Crippen LogP contribution is 2.19. The molecule has 0 atom stereocenters. The number of benzene rings is 2. The molecule has 0 aliphatic rings. The number of H-pyrrole nitrogens is 2. The van der Waals surface area contributed by atoms with E-state index in [1.54, 1.807) is 0 Å². The van der Waals surface area contributed by atoms with Crippen LogP contribution >= 0.6 is 0 Å². The Balaban J connectivity index is 0.000000528. The maximum absolute atomic E-state index is 4.44. The highest BCUT2D eigenvalue weighted by molar-refractivity contribution is 5.77. The molecule has 2 N–H and O–H groups in total. The first-order chi connectivity index (χ1) is 12.2. The molecule has 0 bridgehead atoms. The lowest BCUT2D eigenvalue weighted by atomic mass is 10.0. The van der Waals surface area contributed by atoms with Gasteiger partial charge in [-0.3, -0.25) is 0 Å². The van der Waals surface area contributed by atoms with Crippen LogP contribution in [0.5, 0.6) is 0 Å². The van der Waals surface area contributed by atoms with Gasteiger partial charge in [0.25, 0.3) is 0 Å². The Labute approximate surface area is 149 Å². The molecule has 2 aromatic heterocycles. The van der Waals surface area contributed by atoms with Crippen LogP contribution < -0.4 is 0 Å². The number of aromatic nitrogens is 4. The molecular formula is C21H28N4.